The Bertz CT molecular complexity index is 522. The van der Waals surface area contributed by atoms with Crippen LogP contribution < -0.4 is 0 Å². The Morgan fingerprint density at radius 3 is 2.65 bits per heavy atom. The Morgan fingerprint density at radius 2 is 1.96 bits per heavy atom. The number of piperazine rings is 1. The number of hydrogen-bond acceptors (Lipinski definition) is 4. The van der Waals surface area contributed by atoms with Gasteiger partial charge in [-0.15, -0.1) is 0 Å². The van der Waals surface area contributed by atoms with E-state index < -0.39 is 6.10 Å². The minimum Gasteiger partial charge on any atom is -0.390 e. The number of β-amino-alcohol motifs (C(OH)–C–C–N with tert-alkyl or cyclic N) is 1. The van der Waals surface area contributed by atoms with E-state index in [0.29, 0.717) is 25.6 Å². The molecule has 0 spiro atoms. The second-order valence-electron chi connectivity index (χ2n) is 6.78. The quantitative estimate of drug-likeness (QED) is 0.879. The summed E-state index contributed by atoms with van der Waals surface area (Å²) in [4.78, 5) is 18.2. The third-order valence-electron chi connectivity index (χ3n) is 4.93. The zero-order chi connectivity index (χ0) is 16.2. The number of hydrogen-bond donors (Lipinski definition) is 1. The minimum atomic E-state index is -0.480. The summed E-state index contributed by atoms with van der Waals surface area (Å²) in [7, 11) is 2.15. The van der Waals surface area contributed by atoms with Crippen LogP contribution in [0.4, 0.5) is 0 Å². The van der Waals surface area contributed by atoms with E-state index in [1.165, 1.54) is 5.56 Å². The summed E-state index contributed by atoms with van der Waals surface area (Å²) in [6, 6.07) is 10.8. The first-order chi connectivity index (χ1) is 11.1. The molecule has 2 fully saturated rings. The molecule has 0 radical (unpaired) electrons. The predicted octanol–water partition coefficient (Wildman–Crippen LogP) is 0.958. The molecular formula is C18H27N3O2. The van der Waals surface area contributed by atoms with Crippen molar-refractivity contribution in [1.82, 2.24) is 14.7 Å². The number of nitrogens with zero attached hydrogens (tertiary/aromatic N) is 3. The molecule has 2 saturated heterocycles. The molecule has 1 amide bonds. The number of rotatable bonds is 5. The van der Waals surface area contributed by atoms with Gasteiger partial charge in [0.05, 0.1) is 6.10 Å². The predicted molar refractivity (Wildman–Crippen MR) is 90.1 cm³/mol. The Hall–Kier alpha value is -1.43. The molecule has 2 atom stereocenters. The maximum absolute atomic E-state index is 11.7. The number of carbonyl (C=O) groups is 1. The van der Waals surface area contributed by atoms with Crippen molar-refractivity contribution < 1.29 is 9.90 Å². The number of benzene rings is 1. The lowest BCUT2D eigenvalue weighted by molar-refractivity contribution is -0.129. The van der Waals surface area contributed by atoms with E-state index in [1.807, 2.05) is 6.07 Å². The van der Waals surface area contributed by atoms with Gasteiger partial charge in [0.2, 0.25) is 5.91 Å². The average molecular weight is 317 g/mol. The lowest BCUT2D eigenvalue weighted by Gasteiger charge is -2.41. The summed E-state index contributed by atoms with van der Waals surface area (Å²) in [5, 5.41) is 10.5. The molecule has 1 aromatic carbocycles. The van der Waals surface area contributed by atoms with Crippen molar-refractivity contribution >= 4 is 5.91 Å². The highest BCUT2D eigenvalue weighted by molar-refractivity contribution is 5.78. The molecule has 2 unspecified atom stereocenters. The molecule has 2 aliphatic rings. The van der Waals surface area contributed by atoms with Gasteiger partial charge in [0.25, 0.3) is 0 Å². The van der Waals surface area contributed by atoms with E-state index in [9.17, 15) is 9.90 Å². The molecular weight excluding hydrogens is 290 g/mol. The van der Waals surface area contributed by atoms with Gasteiger partial charge in [0.15, 0.2) is 0 Å². The van der Waals surface area contributed by atoms with Crippen LogP contribution in [0, 0.1) is 0 Å². The Kier molecular flexibility index (Phi) is 5.30. The van der Waals surface area contributed by atoms with Gasteiger partial charge in [-0.2, -0.15) is 0 Å². The average Bonchev–Trinajstić information content (AvgIpc) is 2.95. The molecule has 5 heteroatoms. The SMILES string of the molecule is CN1CCN(CC(O)CN2CCCC2=O)C(c2ccccc2)C1. The number of amides is 1. The van der Waals surface area contributed by atoms with E-state index in [4.69, 9.17) is 0 Å². The first-order valence-corrected chi connectivity index (χ1v) is 8.57. The van der Waals surface area contributed by atoms with Crippen molar-refractivity contribution in [1.29, 1.82) is 0 Å². The number of likely N-dealkylation sites (N-methyl/N-ethyl adjacent to an activating group) is 1. The number of aliphatic hydroxyl groups excluding tert-OH is 1. The molecule has 23 heavy (non-hydrogen) atoms. The van der Waals surface area contributed by atoms with Crippen molar-refractivity contribution in [3.63, 3.8) is 0 Å². The van der Waals surface area contributed by atoms with Crippen molar-refractivity contribution in [2.45, 2.75) is 25.0 Å². The highest BCUT2D eigenvalue weighted by Gasteiger charge is 2.29. The maximum atomic E-state index is 11.7. The first-order valence-electron chi connectivity index (χ1n) is 8.57. The summed E-state index contributed by atoms with van der Waals surface area (Å²) in [6.07, 6.45) is 1.08. The largest absolute Gasteiger partial charge is 0.390 e. The third kappa shape index (κ3) is 4.10. The van der Waals surface area contributed by atoms with Crippen LogP contribution in [-0.4, -0.2) is 78.1 Å². The van der Waals surface area contributed by atoms with Crippen LogP contribution in [0.2, 0.25) is 0 Å². The van der Waals surface area contributed by atoms with Gasteiger partial charge in [-0.05, 0) is 19.0 Å². The van der Waals surface area contributed by atoms with E-state index >= 15 is 0 Å². The highest BCUT2D eigenvalue weighted by atomic mass is 16.3. The highest BCUT2D eigenvalue weighted by Crippen LogP contribution is 2.25. The molecule has 0 aromatic heterocycles. The van der Waals surface area contributed by atoms with Crippen molar-refractivity contribution in [3.05, 3.63) is 35.9 Å². The smallest absolute Gasteiger partial charge is 0.222 e. The molecule has 0 saturated carbocycles. The molecule has 3 rings (SSSR count). The second-order valence-corrected chi connectivity index (χ2v) is 6.78. The summed E-state index contributed by atoms with van der Waals surface area (Å²) >= 11 is 0. The fraction of sp³-hybridized carbons (Fsp3) is 0.611. The fourth-order valence-corrected chi connectivity index (χ4v) is 3.65. The van der Waals surface area contributed by atoms with Crippen molar-refractivity contribution in [3.8, 4) is 0 Å². The molecule has 1 aromatic rings. The van der Waals surface area contributed by atoms with Gasteiger partial charge < -0.3 is 14.9 Å². The molecule has 5 nitrogen and oxygen atoms in total. The Balaban J connectivity index is 1.63. The molecule has 126 valence electrons. The maximum Gasteiger partial charge on any atom is 0.222 e. The van der Waals surface area contributed by atoms with Crippen LogP contribution in [0.3, 0.4) is 0 Å². The van der Waals surface area contributed by atoms with Gasteiger partial charge in [-0.25, -0.2) is 0 Å². The van der Waals surface area contributed by atoms with E-state index in [2.05, 4.69) is 41.1 Å². The van der Waals surface area contributed by atoms with Crippen LogP contribution >= 0.6 is 0 Å². The zero-order valence-electron chi connectivity index (χ0n) is 13.9. The Labute approximate surface area is 138 Å². The van der Waals surface area contributed by atoms with Crippen LogP contribution in [0.5, 0.6) is 0 Å². The van der Waals surface area contributed by atoms with Crippen LogP contribution in [0.25, 0.3) is 0 Å². The van der Waals surface area contributed by atoms with Crippen LogP contribution in [0.15, 0.2) is 30.3 Å². The molecule has 2 aliphatic heterocycles. The fourth-order valence-electron chi connectivity index (χ4n) is 3.65. The summed E-state index contributed by atoms with van der Waals surface area (Å²) in [6.45, 7) is 4.81. The van der Waals surface area contributed by atoms with Gasteiger partial charge in [-0.1, -0.05) is 30.3 Å². The molecule has 0 bridgehead atoms. The molecule has 1 N–H and O–H groups in total. The molecule has 2 heterocycles. The lowest BCUT2D eigenvalue weighted by atomic mass is 10.0. The van der Waals surface area contributed by atoms with Gasteiger partial charge in [-0.3, -0.25) is 9.69 Å². The Morgan fingerprint density at radius 1 is 1.17 bits per heavy atom. The summed E-state index contributed by atoms with van der Waals surface area (Å²) in [5.41, 5.74) is 1.29. The monoisotopic (exact) mass is 317 g/mol. The molecule has 0 aliphatic carbocycles. The summed E-state index contributed by atoms with van der Waals surface area (Å²) in [5.74, 6) is 0.182. The van der Waals surface area contributed by atoms with Gasteiger partial charge in [0.1, 0.15) is 0 Å². The second kappa shape index (κ2) is 7.43. The summed E-state index contributed by atoms with van der Waals surface area (Å²) < 4.78 is 0. The third-order valence-corrected chi connectivity index (χ3v) is 4.93. The van der Waals surface area contributed by atoms with Gasteiger partial charge >= 0.3 is 0 Å². The number of aliphatic hydroxyl groups is 1. The van der Waals surface area contributed by atoms with E-state index in [0.717, 1.165) is 32.6 Å². The lowest BCUT2D eigenvalue weighted by Crippen LogP contribution is -2.50. The zero-order valence-corrected chi connectivity index (χ0v) is 13.9. The first kappa shape index (κ1) is 16.4. The van der Waals surface area contributed by atoms with Crippen molar-refractivity contribution in [2.24, 2.45) is 0 Å². The topological polar surface area (TPSA) is 47.0 Å². The van der Waals surface area contributed by atoms with E-state index in [-0.39, 0.29) is 5.91 Å². The van der Waals surface area contributed by atoms with Crippen LogP contribution in [0.1, 0.15) is 24.4 Å². The standard InChI is InChI=1S/C18H27N3O2/c1-19-10-11-20(17(14-19)15-6-3-2-4-7-15)12-16(22)13-21-9-5-8-18(21)23/h2-4,6-7,16-17,22H,5,8-14H2,1H3. The van der Waals surface area contributed by atoms with Crippen molar-refractivity contribution in [2.75, 3.05) is 46.3 Å². The van der Waals surface area contributed by atoms with E-state index in [1.54, 1.807) is 4.90 Å². The normalized spacial score (nSPS) is 25.0. The number of carbonyl (C=O) groups excluding carboxylic acids is 1. The number of likely N-dealkylation sites (tertiary alicyclic amines) is 1. The van der Waals surface area contributed by atoms with Gasteiger partial charge in [0, 0.05) is 51.7 Å². The minimum absolute atomic E-state index is 0.182. The van der Waals surface area contributed by atoms with Crippen LogP contribution in [-0.2, 0) is 4.79 Å².